The van der Waals surface area contributed by atoms with Gasteiger partial charge >= 0.3 is 0 Å². The molecule has 348 valence electrons. The predicted molar refractivity (Wildman–Crippen MR) is 254 cm³/mol. The van der Waals surface area contributed by atoms with E-state index in [1.54, 1.807) is 20.5 Å². The fourth-order valence-electron chi connectivity index (χ4n) is 7.81. The van der Waals surface area contributed by atoms with E-state index >= 15 is 0 Å². The van der Waals surface area contributed by atoms with Crippen molar-refractivity contribution in [2.24, 2.45) is 0 Å². The Labute approximate surface area is 385 Å². The van der Waals surface area contributed by atoms with Gasteiger partial charge in [-0.25, -0.2) is 19.6 Å². The Morgan fingerprint density at radius 2 is 1.48 bits per heavy atom. The maximum atomic E-state index is 12.3. The first kappa shape index (κ1) is 49.6. The molecule has 1 aliphatic heterocycles. The second-order valence-electron chi connectivity index (χ2n) is 18.1. The second kappa shape index (κ2) is 21.2. The van der Waals surface area contributed by atoms with Gasteiger partial charge in [0.1, 0.15) is 41.7 Å². The number of nitrogens with one attached hydrogen (secondary N) is 1. The van der Waals surface area contributed by atoms with Crippen molar-refractivity contribution in [3.8, 4) is 17.6 Å². The lowest BCUT2D eigenvalue weighted by molar-refractivity contribution is -0.114. The van der Waals surface area contributed by atoms with Crippen LogP contribution in [0, 0.1) is 11.3 Å². The van der Waals surface area contributed by atoms with Crippen LogP contribution in [-0.2, 0) is 33.3 Å². The lowest BCUT2D eigenvalue weighted by Gasteiger charge is -2.42. The van der Waals surface area contributed by atoms with E-state index in [9.17, 15) is 10.1 Å². The number of imidazole rings is 1. The average Bonchev–Trinajstić information content (AvgIpc) is 3.85. The molecule has 1 unspecified atom stereocenters. The number of nitrogens with zero attached hydrogens (tertiary/aromatic N) is 6. The molecule has 6 rings (SSSR count). The summed E-state index contributed by atoms with van der Waals surface area (Å²) in [5.41, 5.74) is 2.24. The van der Waals surface area contributed by atoms with Crippen molar-refractivity contribution in [1.29, 1.82) is 5.26 Å². The zero-order valence-electron chi connectivity index (χ0n) is 39.6. The summed E-state index contributed by atoms with van der Waals surface area (Å²) < 4.78 is 51.5. The van der Waals surface area contributed by atoms with Crippen LogP contribution < -0.4 is 14.8 Å². The van der Waals surface area contributed by atoms with Gasteiger partial charge in [-0.1, -0.05) is 75.4 Å². The predicted octanol–water partition coefficient (Wildman–Crippen LogP) is 9.76. The van der Waals surface area contributed by atoms with Crippen LogP contribution in [0.5, 0.6) is 11.5 Å². The quantitative estimate of drug-likeness (QED) is 0.0340. The van der Waals surface area contributed by atoms with Gasteiger partial charge in [-0.2, -0.15) is 5.26 Å². The minimum atomic E-state index is -2.62. The van der Waals surface area contributed by atoms with E-state index in [4.69, 9.17) is 37.4 Å². The fourth-order valence-corrected chi connectivity index (χ4v) is 10.9. The normalized spacial score (nSPS) is 18.6. The van der Waals surface area contributed by atoms with Gasteiger partial charge in [-0.05, 0) is 86.8 Å². The monoisotopic (exact) mass is 925 g/mol. The Kier molecular flexibility index (Phi) is 16.2. The zero-order valence-corrected chi connectivity index (χ0v) is 41.5. The number of anilines is 1. The third kappa shape index (κ3) is 10.9. The maximum absolute atomic E-state index is 12.3. The molecule has 1 amide bonds. The molecule has 17 heteroatoms. The number of hydrogen-bond donors (Lipinski definition) is 1. The van der Waals surface area contributed by atoms with E-state index in [1.807, 2.05) is 71.3 Å². The highest BCUT2D eigenvalue weighted by Crippen LogP contribution is 2.53. The summed E-state index contributed by atoms with van der Waals surface area (Å²) in [6, 6.07) is 28.1. The molecule has 0 saturated carbocycles. The van der Waals surface area contributed by atoms with Crippen LogP contribution in [0.25, 0.3) is 11.2 Å². The van der Waals surface area contributed by atoms with E-state index in [1.165, 1.54) is 13.3 Å². The van der Waals surface area contributed by atoms with Crippen LogP contribution in [0.4, 0.5) is 5.82 Å². The molecule has 0 spiro atoms. The van der Waals surface area contributed by atoms with Crippen molar-refractivity contribution < 1.29 is 37.2 Å². The topological polar surface area (TPSA) is 164 Å². The second-order valence-corrected chi connectivity index (χ2v) is 24.2. The molecule has 1 fully saturated rings. The van der Waals surface area contributed by atoms with Gasteiger partial charge in [0.15, 0.2) is 31.5 Å². The summed E-state index contributed by atoms with van der Waals surface area (Å²) in [6.45, 7) is 21.0. The lowest BCUT2D eigenvalue weighted by Crippen LogP contribution is -2.50. The summed E-state index contributed by atoms with van der Waals surface area (Å²) in [6.07, 6.45) is 0.0471. The van der Waals surface area contributed by atoms with Crippen LogP contribution >= 0.6 is 8.53 Å². The van der Waals surface area contributed by atoms with Gasteiger partial charge in [0.2, 0.25) is 5.91 Å². The first-order valence-corrected chi connectivity index (χ1v) is 26.0. The number of ether oxygens (including phenoxy) is 4. The van der Waals surface area contributed by atoms with Crippen molar-refractivity contribution >= 4 is 39.7 Å². The van der Waals surface area contributed by atoms with E-state index in [0.29, 0.717) is 22.7 Å². The number of benzene rings is 3. The Hall–Kier alpha value is -4.82. The van der Waals surface area contributed by atoms with Gasteiger partial charge in [-0.15, -0.1) is 0 Å². The summed E-state index contributed by atoms with van der Waals surface area (Å²) in [4.78, 5) is 26.0. The Morgan fingerprint density at radius 3 is 2.00 bits per heavy atom. The number of carbonyl (C=O) groups excluding carboxylic acids is 1. The molecular formula is C48H64N7O8PSi. The first-order valence-electron chi connectivity index (χ1n) is 22.0. The smallest absolute Gasteiger partial charge is 0.259 e. The van der Waals surface area contributed by atoms with E-state index in [-0.39, 0.29) is 48.5 Å². The van der Waals surface area contributed by atoms with Gasteiger partial charge < -0.3 is 37.7 Å². The van der Waals surface area contributed by atoms with Crippen LogP contribution in [0.15, 0.2) is 91.5 Å². The average molecular weight is 926 g/mol. The molecule has 5 aromatic rings. The van der Waals surface area contributed by atoms with Gasteiger partial charge in [-0.3, -0.25) is 9.36 Å². The van der Waals surface area contributed by atoms with E-state index in [0.717, 1.165) is 16.7 Å². The number of aromatic nitrogens is 4. The Bertz CT molecular complexity index is 2320. The van der Waals surface area contributed by atoms with Gasteiger partial charge in [0, 0.05) is 19.0 Å². The molecule has 1 aliphatic rings. The molecule has 15 nitrogen and oxygen atoms in total. The number of carbonyl (C=O) groups is 1. The highest BCUT2D eigenvalue weighted by Gasteiger charge is 2.54. The minimum absolute atomic E-state index is 0.00889. The molecular weight excluding hydrogens is 862 g/mol. The molecule has 0 radical (unpaired) electrons. The van der Waals surface area contributed by atoms with Crippen molar-refractivity contribution in [3.05, 3.63) is 108 Å². The molecule has 2 aromatic heterocycles. The summed E-state index contributed by atoms with van der Waals surface area (Å²) in [7, 11) is -1.14. The lowest BCUT2D eigenvalue weighted by atomic mass is 9.80. The largest absolute Gasteiger partial charge is 0.497 e. The Balaban J connectivity index is 1.57. The maximum Gasteiger partial charge on any atom is 0.259 e. The van der Waals surface area contributed by atoms with Gasteiger partial charge in [0.05, 0.1) is 46.3 Å². The van der Waals surface area contributed by atoms with E-state index in [2.05, 4.69) is 99.7 Å². The summed E-state index contributed by atoms with van der Waals surface area (Å²) in [5.74, 6) is 1.39. The number of amides is 1. The molecule has 1 saturated heterocycles. The molecule has 3 heterocycles. The van der Waals surface area contributed by atoms with Crippen molar-refractivity contribution in [3.63, 3.8) is 0 Å². The van der Waals surface area contributed by atoms with Crippen molar-refractivity contribution in [2.45, 2.75) is 122 Å². The highest BCUT2D eigenvalue weighted by molar-refractivity contribution is 7.44. The van der Waals surface area contributed by atoms with Crippen molar-refractivity contribution in [2.75, 3.05) is 32.8 Å². The SMILES string of the molecule is COc1ccc(C(OC[C@H]2O[C@@H](n3cnc4c(NC(C)=O)ncnc43)[C@H](O[Si](C)(C)C(C)(C)C)[C@@H]2OP(OCCC#N)N(C(C)C)C(C)C)(c2ccccc2)c2ccc(OC)cc2)cc1. The third-order valence-electron chi connectivity index (χ3n) is 12.0. The number of hydrogen-bond acceptors (Lipinski definition) is 13. The number of fused-ring (bicyclic) bond motifs is 1. The summed E-state index contributed by atoms with van der Waals surface area (Å²) in [5, 5.41) is 12.2. The van der Waals surface area contributed by atoms with Gasteiger partial charge in [0.25, 0.3) is 8.53 Å². The number of rotatable bonds is 20. The molecule has 65 heavy (non-hydrogen) atoms. The van der Waals surface area contributed by atoms with Crippen LogP contribution in [0.1, 0.15) is 84.7 Å². The fraction of sp³-hybridized carbons (Fsp3) is 0.479. The molecule has 3 aromatic carbocycles. The first-order chi connectivity index (χ1) is 30.9. The van der Waals surface area contributed by atoms with Crippen molar-refractivity contribution in [1.82, 2.24) is 24.2 Å². The van der Waals surface area contributed by atoms with Crippen LogP contribution in [0.3, 0.4) is 0 Å². The summed E-state index contributed by atoms with van der Waals surface area (Å²) >= 11 is 0. The van der Waals surface area contributed by atoms with Crippen LogP contribution in [0.2, 0.25) is 18.1 Å². The van der Waals surface area contributed by atoms with E-state index < -0.39 is 47.0 Å². The standard InChI is InChI=1S/C48H64N7O8PSi/c1-32(2)55(33(3)4)64(60-28-16-27-49)62-42-40(61-46(43(42)63-65(11,12)47(6,7)8)54-31-52-41-44(53-34(5)56)50-30-51-45(41)54)29-59-48(35-17-14-13-15-18-35,36-19-23-38(57-9)24-20-36)37-21-25-39(58-10)26-22-37/h13-15,17-26,30-33,40,42-43,46H,16,28-29H2,1-12H3,(H,50,51,53,56)/t40-,42-,43-,46-,64?/m1/s1. The Morgan fingerprint density at radius 1 is 0.892 bits per heavy atom. The highest BCUT2D eigenvalue weighted by atomic mass is 31.2. The molecule has 0 bridgehead atoms. The molecule has 5 atom stereocenters. The molecule has 1 N–H and O–H groups in total. The third-order valence-corrected chi connectivity index (χ3v) is 18.6. The van der Waals surface area contributed by atoms with Crippen LogP contribution in [-0.4, -0.2) is 96.2 Å². The zero-order chi connectivity index (χ0) is 47.1. The number of methoxy groups -OCH3 is 2. The molecule has 0 aliphatic carbocycles. The number of nitriles is 1. The minimum Gasteiger partial charge on any atom is -0.497 e.